The minimum absolute atomic E-state index is 0.0238. The quantitative estimate of drug-likeness (QED) is 0.0327. The van der Waals surface area contributed by atoms with Crippen LogP contribution in [-0.2, 0) is 14.3 Å². The highest BCUT2D eigenvalue weighted by atomic mass is 16.5. The first-order chi connectivity index (χ1) is 26.5. The minimum atomic E-state index is -0.804. The largest absolute Gasteiger partial charge is 0.458 e. The Labute approximate surface area is 335 Å². The van der Waals surface area contributed by atoms with Crippen molar-refractivity contribution < 1.29 is 24.5 Å². The molecule has 318 valence electrons. The van der Waals surface area contributed by atoms with Gasteiger partial charge in [-0.2, -0.15) is 0 Å². The Kier molecular flexibility index (Phi) is 41.2. The highest BCUT2D eigenvalue weighted by Crippen LogP contribution is 2.16. The Morgan fingerprint density at radius 1 is 0.556 bits per heavy atom. The van der Waals surface area contributed by atoms with Crippen LogP contribution in [0.2, 0.25) is 0 Å². The highest BCUT2D eigenvalue weighted by Gasteiger charge is 2.23. The first kappa shape index (κ1) is 52.3. The van der Waals surface area contributed by atoms with Crippen LogP contribution in [-0.4, -0.2) is 46.9 Å². The molecule has 6 nitrogen and oxygen atoms in total. The Morgan fingerprint density at radius 2 is 0.981 bits per heavy atom. The van der Waals surface area contributed by atoms with Crippen molar-refractivity contribution in [3.63, 3.8) is 0 Å². The van der Waals surface area contributed by atoms with Crippen LogP contribution in [0.5, 0.6) is 0 Å². The van der Waals surface area contributed by atoms with Crippen molar-refractivity contribution in [1.82, 2.24) is 5.32 Å². The molecule has 0 aromatic rings. The monoisotopic (exact) mass is 762 g/mol. The summed E-state index contributed by atoms with van der Waals surface area (Å²) >= 11 is 0. The molecule has 0 aromatic heterocycles. The van der Waals surface area contributed by atoms with E-state index in [2.05, 4.69) is 38.2 Å². The predicted molar refractivity (Wildman–Crippen MR) is 232 cm³/mol. The van der Waals surface area contributed by atoms with Gasteiger partial charge in [0.15, 0.2) is 0 Å². The summed E-state index contributed by atoms with van der Waals surface area (Å²) in [5, 5.41) is 23.6. The number of esters is 1. The van der Waals surface area contributed by atoms with Crippen molar-refractivity contribution in [3.8, 4) is 0 Å². The molecule has 0 aliphatic heterocycles. The molecule has 6 heteroatoms. The van der Waals surface area contributed by atoms with Gasteiger partial charge in [-0.15, -0.1) is 0 Å². The summed E-state index contributed by atoms with van der Waals surface area (Å²) in [5.41, 5.74) is 0. The number of ether oxygens (including phenoxy) is 1. The van der Waals surface area contributed by atoms with Crippen molar-refractivity contribution >= 4 is 11.9 Å². The third-order valence-electron chi connectivity index (χ3n) is 10.8. The molecule has 0 rings (SSSR count). The second-order valence-electron chi connectivity index (χ2n) is 16.2. The third-order valence-corrected chi connectivity index (χ3v) is 10.8. The topological polar surface area (TPSA) is 95.9 Å². The standard InChI is InChI=1S/C48H91NO5/c1-4-7-10-13-16-19-22-23-26-29-32-35-38-41-48(53)54-44(39-36-33-30-27-24-20-17-14-11-8-5-2)42-47(52)49-45(43-50)46(51)40-37-34-31-28-25-21-18-15-12-9-6-3/h27,30,36,39,44-46,50-51H,4-26,28-29,31-35,37-38,40-43H2,1-3H3,(H,49,52)/b30-27-,39-36+. The van der Waals surface area contributed by atoms with Crippen molar-refractivity contribution in [2.45, 2.75) is 264 Å². The summed E-state index contributed by atoms with van der Waals surface area (Å²) in [6.07, 6.45) is 46.9. The first-order valence-electron chi connectivity index (χ1n) is 23.6. The lowest BCUT2D eigenvalue weighted by atomic mass is 10.0. The Balaban J connectivity index is 4.64. The number of aliphatic hydroxyl groups excluding tert-OH is 2. The van der Waals surface area contributed by atoms with Crippen molar-refractivity contribution in [1.29, 1.82) is 0 Å². The van der Waals surface area contributed by atoms with Gasteiger partial charge in [0.05, 0.1) is 25.2 Å². The van der Waals surface area contributed by atoms with Crippen LogP contribution in [0.4, 0.5) is 0 Å². The maximum Gasteiger partial charge on any atom is 0.306 e. The Hall–Kier alpha value is -1.66. The number of rotatable bonds is 42. The fraction of sp³-hybridized carbons (Fsp3) is 0.875. The third kappa shape index (κ3) is 37.3. The van der Waals surface area contributed by atoms with Gasteiger partial charge < -0.3 is 20.3 Å². The number of amides is 1. The zero-order valence-corrected chi connectivity index (χ0v) is 36.1. The van der Waals surface area contributed by atoms with Crippen LogP contribution in [0.1, 0.15) is 245 Å². The highest BCUT2D eigenvalue weighted by molar-refractivity contribution is 5.78. The van der Waals surface area contributed by atoms with Crippen LogP contribution < -0.4 is 5.32 Å². The fourth-order valence-corrected chi connectivity index (χ4v) is 7.16. The summed E-state index contributed by atoms with van der Waals surface area (Å²) in [7, 11) is 0. The minimum Gasteiger partial charge on any atom is -0.458 e. The van der Waals surface area contributed by atoms with Crippen molar-refractivity contribution in [2.75, 3.05) is 6.61 Å². The normalized spacial score (nSPS) is 13.5. The molecule has 0 bridgehead atoms. The molecule has 0 aliphatic carbocycles. The zero-order chi connectivity index (χ0) is 39.6. The van der Waals surface area contributed by atoms with Gasteiger partial charge in [-0.1, -0.05) is 219 Å². The lowest BCUT2D eigenvalue weighted by molar-refractivity contribution is -0.148. The van der Waals surface area contributed by atoms with Crippen LogP contribution in [0, 0.1) is 0 Å². The van der Waals surface area contributed by atoms with E-state index in [1.165, 1.54) is 154 Å². The zero-order valence-electron chi connectivity index (χ0n) is 36.1. The van der Waals surface area contributed by atoms with Crippen LogP contribution >= 0.6 is 0 Å². The van der Waals surface area contributed by atoms with Crippen LogP contribution in [0.3, 0.4) is 0 Å². The van der Waals surface area contributed by atoms with Crippen LogP contribution in [0.15, 0.2) is 24.3 Å². The number of carbonyl (C=O) groups is 2. The predicted octanol–water partition coefficient (Wildman–Crippen LogP) is 13.6. The fourth-order valence-electron chi connectivity index (χ4n) is 7.16. The maximum atomic E-state index is 13.1. The van der Waals surface area contributed by atoms with Gasteiger partial charge in [-0.3, -0.25) is 9.59 Å². The summed E-state index contributed by atoms with van der Waals surface area (Å²) in [5.74, 6) is -0.594. The Morgan fingerprint density at radius 3 is 1.44 bits per heavy atom. The molecule has 0 heterocycles. The van der Waals surface area contributed by atoms with E-state index in [-0.39, 0.29) is 24.9 Å². The second kappa shape index (κ2) is 42.5. The van der Waals surface area contributed by atoms with E-state index in [9.17, 15) is 19.8 Å². The van der Waals surface area contributed by atoms with Crippen LogP contribution in [0.25, 0.3) is 0 Å². The lowest BCUT2D eigenvalue weighted by Gasteiger charge is -2.23. The number of nitrogens with one attached hydrogen (secondary N) is 1. The van der Waals surface area contributed by atoms with E-state index in [4.69, 9.17) is 4.74 Å². The number of unbranched alkanes of at least 4 members (excludes halogenated alkanes) is 28. The Bertz CT molecular complexity index is 858. The van der Waals surface area contributed by atoms with Gasteiger partial charge in [-0.25, -0.2) is 0 Å². The molecule has 0 aliphatic rings. The summed E-state index contributed by atoms with van der Waals surface area (Å²) in [6, 6.07) is -0.725. The van der Waals surface area contributed by atoms with Gasteiger partial charge in [-0.05, 0) is 38.2 Å². The molecule has 0 radical (unpaired) electrons. The van der Waals surface area contributed by atoms with Gasteiger partial charge in [0, 0.05) is 6.42 Å². The number of carbonyl (C=O) groups excluding carboxylic acids is 2. The molecule has 0 fully saturated rings. The summed E-state index contributed by atoms with van der Waals surface area (Å²) in [4.78, 5) is 25.9. The second-order valence-corrected chi connectivity index (χ2v) is 16.2. The van der Waals surface area contributed by atoms with E-state index in [1.54, 1.807) is 0 Å². The molecular formula is C48H91NO5. The van der Waals surface area contributed by atoms with E-state index < -0.39 is 18.2 Å². The molecule has 3 atom stereocenters. The summed E-state index contributed by atoms with van der Waals surface area (Å²) in [6.45, 7) is 6.43. The van der Waals surface area contributed by atoms with Gasteiger partial charge >= 0.3 is 5.97 Å². The van der Waals surface area contributed by atoms with Gasteiger partial charge in [0.1, 0.15) is 6.10 Å². The number of allylic oxidation sites excluding steroid dienone is 3. The molecule has 3 N–H and O–H groups in total. The smallest absolute Gasteiger partial charge is 0.306 e. The first-order valence-corrected chi connectivity index (χ1v) is 23.6. The van der Waals surface area contributed by atoms with E-state index in [1.807, 2.05) is 12.2 Å². The summed E-state index contributed by atoms with van der Waals surface area (Å²) < 4.78 is 5.80. The lowest BCUT2D eigenvalue weighted by Crippen LogP contribution is -2.46. The number of hydrogen-bond acceptors (Lipinski definition) is 5. The van der Waals surface area contributed by atoms with Gasteiger partial charge in [0.25, 0.3) is 0 Å². The maximum absolute atomic E-state index is 13.1. The average Bonchev–Trinajstić information content (AvgIpc) is 3.16. The molecular weight excluding hydrogens is 671 g/mol. The van der Waals surface area contributed by atoms with E-state index in [0.29, 0.717) is 12.8 Å². The number of hydrogen-bond donors (Lipinski definition) is 3. The van der Waals surface area contributed by atoms with E-state index in [0.717, 1.165) is 51.4 Å². The molecule has 54 heavy (non-hydrogen) atoms. The molecule has 0 aromatic carbocycles. The van der Waals surface area contributed by atoms with Crippen molar-refractivity contribution in [3.05, 3.63) is 24.3 Å². The van der Waals surface area contributed by atoms with Crippen molar-refractivity contribution in [2.24, 2.45) is 0 Å². The molecule has 0 saturated carbocycles. The van der Waals surface area contributed by atoms with E-state index >= 15 is 0 Å². The number of aliphatic hydroxyl groups is 2. The molecule has 3 unspecified atom stereocenters. The SMILES string of the molecule is CCCCCCCC/C=C\C/C=C/C(CC(=O)NC(CO)C(O)CCCCCCCCCCCCC)OC(=O)CCCCCCCCCCCCCCC. The molecule has 1 amide bonds. The van der Waals surface area contributed by atoms with Gasteiger partial charge in [0.2, 0.25) is 5.91 Å². The molecule has 0 spiro atoms. The average molecular weight is 762 g/mol. The molecule has 0 saturated heterocycles.